The van der Waals surface area contributed by atoms with Crippen molar-refractivity contribution >= 4 is 17.7 Å². The van der Waals surface area contributed by atoms with E-state index >= 15 is 0 Å². The van der Waals surface area contributed by atoms with E-state index in [1.165, 1.54) is 23.9 Å². The summed E-state index contributed by atoms with van der Waals surface area (Å²) in [6.45, 7) is 0.953. The molecule has 0 fully saturated rings. The highest BCUT2D eigenvalue weighted by Crippen LogP contribution is 2.22. The first-order valence-electron chi connectivity index (χ1n) is 6.90. The summed E-state index contributed by atoms with van der Waals surface area (Å²) >= 11 is 1.25. The van der Waals surface area contributed by atoms with Gasteiger partial charge in [-0.3, -0.25) is 9.36 Å². The minimum absolute atomic E-state index is 0.188. The van der Waals surface area contributed by atoms with Gasteiger partial charge in [0.15, 0.2) is 11.0 Å². The van der Waals surface area contributed by atoms with Crippen molar-refractivity contribution in [3.05, 3.63) is 35.9 Å². The first-order chi connectivity index (χ1) is 11.4. The number of halogens is 1. The number of nitrogens with two attached hydrogens (primary N) is 1. The third-order valence-corrected chi connectivity index (χ3v) is 3.66. The van der Waals surface area contributed by atoms with Crippen LogP contribution in [-0.2, 0) is 11.3 Å². The van der Waals surface area contributed by atoms with E-state index in [0.717, 1.165) is 6.92 Å². The van der Waals surface area contributed by atoms with E-state index in [0.29, 0.717) is 16.7 Å². The molecule has 1 heterocycles. The number of hydrogen-bond donors (Lipinski definition) is 4. The predicted molar refractivity (Wildman–Crippen MR) is 86.3 cm³/mol. The van der Waals surface area contributed by atoms with Crippen LogP contribution in [0.3, 0.4) is 0 Å². The van der Waals surface area contributed by atoms with E-state index < -0.39 is 12.1 Å². The summed E-state index contributed by atoms with van der Waals surface area (Å²) in [6, 6.07) is 5.88. The number of nitrogens with zero attached hydrogens (tertiary/aromatic N) is 3. The van der Waals surface area contributed by atoms with E-state index in [1.807, 2.05) is 0 Å². The number of aliphatic hydroxyl groups excluding tert-OH is 2. The first-order valence-corrected chi connectivity index (χ1v) is 7.89. The van der Waals surface area contributed by atoms with Gasteiger partial charge in [0, 0.05) is 18.4 Å². The second kappa shape index (κ2) is 9.98. The molecular formula is C14H19FN4O4S. The molecule has 0 amide bonds. The quantitative estimate of drug-likeness (QED) is 0.545. The van der Waals surface area contributed by atoms with E-state index in [2.05, 4.69) is 10.2 Å². The van der Waals surface area contributed by atoms with Crippen molar-refractivity contribution in [2.45, 2.75) is 24.7 Å². The van der Waals surface area contributed by atoms with Crippen molar-refractivity contribution in [2.24, 2.45) is 5.73 Å². The van der Waals surface area contributed by atoms with Gasteiger partial charge in [-0.1, -0.05) is 11.8 Å². The van der Waals surface area contributed by atoms with Crippen LogP contribution in [0.5, 0.6) is 0 Å². The van der Waals surface area contributed by atoms with Crippen molar-refractivity contribution in [1.29, 1.82) is 0 Å². The average Bonchev–Trinajstić information content (AvgIpc) is 2.95. The molecule has 1 aromatic heterocycles. The minimum Gasteiger partial charge on any atom is -0.481 e. The Kier molecular flexibility index (Phi) is 8.33. The van der Waals surface area contributed by atoms with Crippen LogP contribution in [0.4, 0.5) is 4.39 Å². The lowest BCUT2D eigenvalue weighted by Crippen LogP contribution is -2.15. The van der Waals surface area contributed by atoms with Crippen molar-refractivity contribution < 1.29 is 24.5 Å². The molecule has 8 nitrogen and oxygen atoms in total. The molecule has 0 saturated carbocycles. The van der Waals surface area contributed by atoms with Crippen molar-refractivity contribution in [1.82, 2.24) is 14.8 Å². The minimum atomic E-state index is -0.834. The van der Waals surface area contributed by atoms with E-state index in [9.17, 15) is 9.50 Å². The molecule has 0 saturated heterocycles. The topological polar surface area (TPSA) is 134 Å². The zero-order chi connectivity index (χ0) is 18.1. The predicted octanol–water partition coefficient (Wildman–Crippen LogP) is 0.401. The monoisotopic (exact) mass is 358 g/mol. The van der Waals surface area contributed by atoms with Crippen LogP contribution in [0.2, 0.25) is 0 Å². The van der Waals surface area contributed by atoms with Crippen molar-refractivity contribution in [3.8, 4) is 5.69 Å². The summed E-state index contributed by atoms with van der Waals surface area (Å²) in [6.07, 6.45) is -0.834. The Bertz CT molecular complexity index is 647. The van der Waals surface area contributed by atoms with Crippen LogP contribution in [-0.4, -0.2) is 54.5 Å². The molecule has 0 spiro atoms. The fourth-order valence-electron chi connectivity index (χ4n) is 1.60. The van der Waals surface area contributed by atoms with Gasteiger partial charge in [-0.05, 0) is 24.3 Å². The number of carboxylic acid groups (broad SMARTS) is 1. The average molecular weight is 358 g/mol. The van der Waals surface area contributed by atoms with E-state index in [-0.39, 0.29) is 24.7 Å². The lowest BCUT2D eigenvalue weighted by atomic mass is 10.3. The summed E-state index contributed by atoms with van der Waals surface area (Å²) < 4.78 is 14.7. The van der Waals surface area contributed by atoms with Gasteiger partial charge < -0.3 is 21.1 Å². The Balaban J connectivity index is 0.000000648. The Morgan fingerprint density at radius 1 is 1.38 bits per heavy atom. The van der Waals surface area contributed by atoms with Gasteiger partial charge in [0.2, 0.25) is 0 Å². The van der Waals surface area contributed by atoms with Crippen molar-refractivity contribution in [3.63, 3.8) is 0 Å². The van der Waals surface area contributed by atoms with E-state index in [4.69, 9.17) is 20.7 Å². The maximum absolute atomic E-state index is 13.0. The normalized spacial score (nSPS) is 11.5. The number of aliphatic hydroxyl groups is 2. The fourth-order valence-corrected chi connectivity index (χ4v) is 2.48. The first kappa shape index (κ1) is 20.0. The highest BCUT2D eigenvalue weighted by atomic mass is 32.2. The van der Waals surface area contributed by atoms with Gasteiger partial charge in [0.05, 0.1) is 19.3 Å². The molecule has 5 N–H and O–H groups in total. The molecule has 0 unspecified atom stereocenters. The number of thioether (sulfide) groups is 1. The SMILES string of the molecule is CC(=O)O.NCc1nnc(SC[C@H](O)CO)n1-c1ccc(F)cc1. The summed E-state index contributed by atoms with van der Waals surface area (Å²) in [5.74, 6) is -0.348. The van der Waals surface area contributed by atoms with Gasteiger partial charge in [-0.25, -0.2) is 4.39 Å². The van der Waals surface area contributed by atoms with Gasteiger partial charge >= 0.3 is 0 Å². The largest absolute Gasteiger partial charge is 0.481 e. The van der Waals surface area contributed by atoms with Gasteiger partial charge in [0.25, 0.3) is 5.97 Å². The third kappa shape index (κ3) is 6.24. The molecule has 0 aliphatic heterocycles. The number of aliphatic carboxylic acids is 1. The number of rotatable bonds is 6. The summed E-state index contributed by atoms with van der Waals surface area (Å²) in [5.41, 5.74) is 6.31. The Morgan fingerprint density at radius 2 is 1.96 bits per heavy atom. The third-order valence-electron chi connectivity index (χ3n) is 2.58. The molecule has 2 rings (SSSR count). The zero-order valence-corrected chi connectivity index (χ0v) is 13.8. The molecule has 0 aliphatic rings. The number of benzene rings is 1. The Morgan fingerprint density at radius 3 is 2.46 bits per heavy atom. The molecular weight excluding hydrogens is 339 g/mol. The number of aromatic nitrogens is 3. The summed E-state index contributed by atoms with van der Waals surface area (Å²) in [7, 11) is 0. The second-order valence-corrected chi connectivity index (χ2v) is 5.57. The lowest BCUT2D eigenvalue weighted by molar-refractivity contribution is -0.134. The molecule has 10 heteroatoms. The smallest absolute Gasteiger partial charge is 0.300 e. The summed E-state index contributed by atoms with van der Waals surface area (Å²) in [5, 5.41) is 34.1. The Hall–Kier alpha value is -2.01. The molecule has 0 aliphatic carbocycles. The fraction of sp³-hybridized carbons (Fsp3) is 0.357. The maximum atomic E-state index is 13.0. The molecule has 132 valence electrons. The number of hydrogen-bond acceptors (Lipinski definition) is 7. The van der Waals surface area contributed by atoms with E-state index in [1.54, 1.807) is 16.7 Å². The molecule has 0 bridgehead atoms. The van der Waals surface area contributed by atoms with Gasteiger partial charge in [-0.15, -0.1) is 10.2 Å². The number of carbonyl (C=O) groups is 1. The van der Waals surface area contributed by atoms with Gasteiger partial charge in [-0.2, -0.15) is 0 Å². The Labute approximate surface area is 142 Å². The van der Waals surface area contributed by atoms with Crippen LogP contribution >= 0.6 is 11.8 Å². The molecule has 2 aromatic rings. The molecule has 1 aromatic carbocycles. The lowest BCUT2D eigenvalue weighted by Gasteiger charge is -2.10. The molecule has 24 heavy (non-hydrogen) atoms. The zero-order valence-electron chi connectivity index (χ0n) is 13.0. The maximum Gasteiger partial charge on any atom is 0.300 e. The van der Waals surface area contributed by atoms with Crippen LogP contribution in [0, 0.1) is 5.82 Å². The van der Waals surface area contributed by atoms with Crippen LogP contribution < -0.4 is 5.73 Å². The molecule has 0 radical (unpaired) electrons. The number of carboxylic acids is 1. The molecule has 1 atom stereocenters. The van der Waals surface area contributed by atoms with Crippen LogP contribution in [0.1, 0.15) is 12.7 Å². The van der Waals surface area contributed by atoms with Crippen molar-refractivity contribution in [2.75, 3.05) is 12.4 Å². The highest BCUT2D eigenvalue weighted by Gasteiger charge is 2.15. The standard InChI is InChI=1S/C12H15FN4O2S.C2H4O2/c13-8-1-3-9(4-2-8)17-11(5-14)15-16-12(17)20-7-10(19)6-18;1-2(3)4/h1-4,10,18-19H,5-7,14H2;1H3,(H,3,4)/t10-;/m1./s1. The summed E-state index contributed by atoms with van der Waals surface area (Å²) in [4.78, 5) is 9.00. The van der Waals surface area contributed by atoms with Crippen LogP contribution in [0.15, 0.2) is 29.4 Å². The van der Waals surface area contributed by atoms with Gasteiger partial charge in [0.1, 0.15) is 5.82 Å². The van der Waals surface area contributed by atoms with Crippen LogP contribution in [0.25, 0.3) is 5.69 Å². The second-order valence-electron chi connectivity index (χ2n) is 4.58. The highest BCUT2D eigenvalue weighted by molar-refractivity contribution is 7.99.